The van der Waals surface area contributed by atoms with Gasteiger partial charge in [-0.1, -0.05) is 11.8 Å². The summed E-state index contributed by atoms with van der Waals surface area (Å²) in [5, 5.41) is 6.04. The van der Waals surface area contributed by atoms with Crippen molar-refractivity contribution in [3.63, 3.8) is 0 Å². The second-order valence-corrected chi connectivity index (χ2v) is 4.77. The predicted molar refractivity (Wildman–Crippen MR) is 74.7 cm³/mol. The quantitative estimate of drug-likeness (QED) is 0.599. The van der Waals surface area contributed by atoms with Gasteiger partial charge >= 0.3 is 5.69 Å². The number of ether oxygens (including phenoxy) is 2. The molecule has 0 spiro atoms. The third kappa shape index (κ3) is 3.89. The average molecular weight is 295 g/mol. The lowest BCUT2D eigenvalue weighted by Gasteiger charge is -2.06. The van der Waals surface area contributed by atoms with Crippen molar-refractivity contribution >= 4 is 11.8 Å². The molecule has 1 heterocycles. The summed E-state index contributed by atoms with van der Waals surface area (Å²) in [4.78, 5) is 24.3. The minimum Gasteiger partial charge on any atom is -0.497 e. The Hall–Kier alpha value is -2.22. The monoisotopic (exact) mass is 295 g/mol. The summed E-state index contributed by atoms with van der Waals surface area (Å²) in [5.74, 6) is 2.01. The number of nitrogens with one attached hydrogen (secondary N) is 2. The normalized spacial score (nSPS) is 10.2. The van der Waals surface area contributed by atoms with Gasteiger partial charge in [0.05, 0.1) is 13.7 Å². The summed E-state index contributed by atoms with van der Waals surface area (Å²) in [5.41, 5.74) is -1.11. The first-order valence-corrected chi connectivity index (χ1v) is 6.76. The molecule has 2 rings (SSSR count). The molecule has 1 aromatic carbocycles. The molecular formula is C12H13N3O4S. The van der Waals surface area contributed by atoms with Crippen molar-refractivity contribution < 1.29 is 9.47 Å². The lowest BCUT2D eigenvalue weighted by atomic mass is 10.3. The van der Waals surface area contributed by atoms with Crippen LogP contribution in [0.3, 0.4) is 0 Å². The smallest absolute Gasteiger partial charge is 0.342 e. The van der Waals surface area contributed by atoms with Crippen molar-refractivity contribution in [2.75, 3.05) is 19.5 Å². The van der Waals surface area contributed by atoms with Crippen LogP contribution in [0, 0.1) is 0 Å². The van der Waals surface area contributed by atoms with E-state index in [-0.39, 0.29) is 5.03 Å². The first kappa shape index (κ1) is 14.2. The predicted octanol–water partition coefficient (Wildman–Crippen LogP) is 0.638. The summed E-state index contributed by atoms with van der Waals surface area (Å²) < 4.78 is 10.5. The highest BCUT2D eigenvalue weighted by atomic mass is 32.2. The molecule has 0 unspecified atom stereocenters. The van der Waals surface area contributed by atoms with Crippen molar-refractivity contribution in [1.82, 2.24) is 15.2 Å². The molecule has 7 nitrogen and oxygen atoms in total. The van der Waals surface area contributed by atoms with Gasteiger partial charge in [-0.15, -0.1) is 0 Å². The number of hydrogen-bond acceptors (Lipinski definition) is 6. The highest BCUT2D eigenvalue weighted by molar-refractivity contribution is 7.99. The van der Waals surface area contributed by atoms with Gasteiger partial charge in [0.15, 0.2) is 5.03 Å². The van der Waals surface area contributed by atoms with Gasteiger partial charge < -0.3 is 9.47 Å². The average Bonchev–Trinajstić information content (AvgIpc) is 2.46. The number of hydrogen-bond donors (Lipinski definition) is 2. The van der Waals surface area contributed by atoms with Crippen molar-refractivity contribution in [3.8, 4) is 11.5 Å². The van der Waals surface area contributed by atoms with E-state index in [1.807, 2.05) is 0 Å². The van der Waals surface area contributed by atoms with Gasteiger partial charge in [0, 0.05) is 5.75 Å². The molecule has 1 aromatic heterocycles. The van der Waals surface area contributed by atoms with Gasteiger partial charge in [-0.3, -0.25) is 9.78 Å². The minimum atomic E-state index is -0.617. The topological polar surface area (TPSA) is 97.1 Å². The number of rotatable bonds is 6. The summed E-state index contributed by atoms with van der Waals surface area (Å²) in [6, 6.07) is 7.20. The van der Waals surface area contributed by atoms with Crippen LogP contribution in [0.15, 0.2) is 38.9 Å². The highest BCUT2D eigenvalue weighted by Gasteiger charge is 2.03. The molecule has 106 valence electrons. The lowest BCUT2D eigenvalue weighted by Crippen LogP contribution is -2.25. The fraction of sp³-hybridized carbons (Fsp3) is 0.250. The van der Waals surface area contributed by atoms with E-state index in [1.165, 1.54) is 11.8 Å². The van der Waals surface area contributed by atoms with E-state index in [1.54, 1.807) is 31.4 Å². The van der Waals surface area contributed by atoms with Gasteiger partial charge in [0.25, 0.3) is 5.56 Å². The number of nitrogens with zero attached hydrogens (tertiary/aromatic N) is 1. The van der Waals surface area contributed by atoms with E-state index < -0.39 is 11.2 Å². The maximum Gasteiger partial charge on any atom is 0.342 e. The molecule has 0 aliphatic rings. The van der Waals surface area contributed by atoms with E-state index in [0.717, 1.165) is 11.5 Å². The Kier molecular flexibility index (Phi) is 4.83. The van der Waals surface area contributed by atoms with E-state index in [9.17, 15) is 9.59 Å². The van der Waals surface area contributed by atoms with Gasteiger partial charge in [0.1, 0.15) is 11.5 Å². The Morgan fingerprint density at radius 3 is 2.55 bits per heavy atom. The molecule has 2 aromatic rings. The summed E-state index contributed by atoms with van der Waals surface area (Å²) in [7, 11) is 1.60. The minimum absolute atomic E-state index is 0.211. The second kappa shape index (κ2) is 6.80. The van der Waals surface area contributed by atoms with Gasteiger partial charge in [-0.05, 0) is 24.3 Å². The maximum atomic E-state index is 11.4. The van der Waals surface area contributed by atoms with Crippen molar-refractivity contribution in [2.24, 2.45) is 0 Å². The number of aromatic amines is 2. The first-order valence-electron chi connectivity index (χ1n) is 5.77. The first-order chi connectivity index (χ1) is 9.69. The molecule has 0 fully saturated rings. The van der Waals surface area contributed by atoms with Crippen molar-refractivity contribution in [1.29, 1.82) is 0 Å². The number of aromatic nitrogens is 3. The Bertz CT molecular complexity index is 665. The highest BCUT2D eigenvalue weighted by Crippen LogP contribution is 2.17. The van der Waals surface area contributed by atoms with Gasteiger partial charge in [0.2, 0.25) is 0 Å². The molecule has 0 aliphatic carbocycles. The molecule has 0 saturated heterocycles. The van der Waals surface area contributed by atoms with Gasteiger partial charge in [-0.2, -0.15) is 5.10 Å². The van der Waals surface area contributed by atoms with Crippen LogP contribution < -0.4 is 20.7 Å². The van der Waals surface area contributed by atoms with E-state index in [4.69, 9.17) is 9.47 Å². The maximum absolute atomic E-state index is 11.4. The summed E-state index contributed by atoms with van der Waals surface area (Å²) in [6.45, 7) is 0.414. The molecule has 0 radical (unpaired) electrons. The zero-order chi connectivity index (χ0) is 14.4. The molecule has 0 bridgehead atoms. The van der Waals surface area contributed by atoms with E-state index in [2.05, 4.69) is 15.2 Å². The zero-order valence-electron chi connectivity index (χ0n) is 10.7. The van der Waals surface area contributed by atoms with E-state index in [0.29, 0.717) is 12.4 Å². The molecule has 0 atom stereocenters. The van der Waals surface area contributed by atoms with Crippen LogP contribution in [0.1, 0.15) is 0 Å². The Labute approximate surface area is 118 Å². The van der Waals surface area contributed by atoms with Crippen LogP contribution in [0.5, 0.6) is 11.5 Å². The molecule has 0 saturated carbocycles. The van der Waals surface area contributed by atoms with Crippen LogP contribution in [0.2, 0.25) is 0 Å². The summed E-state index contributed by atoms with van der Waals surface area (Å²) in [6.07, 6.45) is 0. The number of H-pyrrole nitrogens is 2. The Balaban J connectivity index is 1.81. The Morgan fingerprint density at radius 2 is 1.90 bits per heavy atom. The molecule has 20 heavy (non-hydrogen) atoms. The second-order valence-electron chi connectivity index (χ2n) is 3.68. The van der Waals surface area contributed by atoms with Crippen molar-refractivity contribution in [2.45, 2.75) is 5.03 Å². The SMILES string of the molecule is COc1ccc(OCCSc2n[nH]c(=O)[nH]c2=O)cc1. The molecule has 0 aliphatic heterocycles. The van der Waals surface area contributed by atoms with Crippen LogP contribution >= 0.6 is 11.8 Å². The fourth-order valence-electron chi connectivity index (χ4n) is 1.40. The number of benzene rings is 1. The standard InChI is InChI=1S/C12H13N3O4S/c1-18-8-2-4-9(5-3-8)19-6-7-20-11-10(16)13-12(17)15-14-11/h2-5H,6-7H2,1H3,(H2,13,15,16,17). The molecule has 0 amide bonds. The third-order valence-electron chi connectivity index (χ3n) is 2.33. The molecule has 2 N–H and O–H groups in total. The van der Waals surface area contributed by atoms with E-state index >= 15 is 0 Å². The van der Waals surface area contributed by atoms with Crippen LogP contribution in [0.4, 0.5) is 0 Å². The fourth-order valence-corrected chi connectivity index (χ4v) is 2.06. The lowest BCUT2D eigenvalue weighted by molar-refractivity contribution is 0.342. The van der Waals surface area contributed by atoms with Crippen LogP contribution in [0.25, 0.3) is 0 Å². The van der Waals surface area contributed by atoms with Gasteiger partial charge in [-0.25, -0.2) is 9.89 Å². The summed E-state index contributed by atoms with van der Waals surface area (Å²) >= 11 is 1.21. The number of methoxy groups -OCH3 is 1. The third-order valence-corrected chi connectivity index (χ3v) is 3.25. The molecular weight excluding hydrogens is 282 g/mol. The molecule has 8 heteroatoms. The Morgan fingerprint density at radius 1 is 1.20 bits per heavy atom. The van der Waals surface area contributed by atoms with Crippen LogP contribution in [-0.4, -0.2) is 34.7 Å². The zero-order valence-corrected chi connectivity index (χ0v) is 11.5. The van der Waals surface area contributed by atoms with Crippen molar-refractivity contribution in [3.05, 3.63) is 45.1 Å². The largest absolute Gasteiger partial charge is 0.497 e. The number of thioether (sulfide) groups is 1. The van der Waals surface area contributed by atoms with Crippen LogP contribution in [-0.2, 0) is 0 Å².